The first-order chi connectivity index (χ1) is 7.22. The van der Waals surface area contributed by atoms with E-state index < -0.39 is 0 Å². The molecule has 3 heteroatoms. The van der Waals surface area contributed by atoms with Gasteiger partial charge in [-0.25, -0.2) is 0 Å². The number of hydrogen-bond acceptors (Lipinski definition) is 3. The second kappa shape index (κ2) is 4.40. The number of nitrogens with zero attached hydrogens (tertiary/aromatic N) is 1. The summed E-state index contributed by atoms with van der Waals surface area (Å²) in [5.74, 6) is 0.696. The molecule has 2 atom stereocenters. The topological polar surface area (TPSA) is 38.5 Å². The number of piperidine rings is 1. The largest absolute Gasteiger partial charge is 0.380 e. The highest BCUT2D eigenvalue weighted by Gasteiger charge is 2.43. The molecule has 2 fully saturated rings. The molecule has 0 aromatic carbocycles. The van der Waals surface area contributed by atoms with Crippen LogP contribution in [0.2, 0.25) is 0 Å². The molecule has 1 heterocycles. The van der Waals surface area contributed by atoms with Gasteiger partial charge in [0, 0.05) is 25.7 Å². The second-order valence-electron chi connectivity index (χ2n) is 5.27. The van der Waals surface area contributed by atoms with Gasteiger partial charge in [-0.2, -0.15) is 0 Å². The van der Waals surface area contributed by atoms with Gasteiger partial charge in [-0.15, -0.1) is 0 Å². The standard InChI is InChI=1S/C12H24N2O/c1-10-4-7-14(8-11(10)15-2)12(9-13)5-3-6-12/h10-11H,3-9,13H2,1-2H3. The average Bonchev–Trinajstić information content (AvgIpc) is 2.19. The fourth-order valence-electron chi connectivity index (χ4n) is 3.01. The van der Waals surface area contributed by atoms with Crippen molar-refractivity contribution in [3.05, 3.63) is 0 Å². The van der Waals surface area contributed by atoms with Gasteiger partial charge in [-0.05, 0) is 38.1 Å². The lowest BCUT2D eigenvalue weighted by Crippen LogP contribution is -2.62. The van der Waals surface area contributed by atoms with Crippen LogP contribution in [0.15, 0.2) is 0 Å². The van der Waals surface area contributed by atoms with Crippen molar-refractivity contribution in [2.24, 2.45) is 11.7 Å². The third-order valence-corrected chi connectivity index (χ3v) is 4.53. The molecule has 2 unspecified atom stereocenters. The Morgan fingerprint density at radius 3 is 2.67 bits per heavy atom. The van der Waals surface area contributed by atoms with Gasteiger partial charge < -0.3 is 10.5 Å². The number of likely N-dealkylation sites (tertiary alicyclic amines) is 1. The van der Waals surface area contributed by atoms with E-state index in [-0.39, 0.29) is 0 Å². The second-order valence-corrected chi connectivity index (χ2v) is 5.27. The number of methoxy groups -OCH3 is 1. The van der Waals surface area contributed by atoms with Gasteiger partial charge in [0.2, 0.25) is 0 Å². The van der Waals surface area contributed by atoms with Gasteiger partial charge in [-0.3, -0.25) is 4.90 Å². The summed E-state index contributed by atoms with van der Waals surface area (Å²) in [5, 5.41) is 0. The molecular formula is C12H24N2O. The molecule has 0 aromatic rings. The van der Waals surface area contributed by atoms with Crippen LogP contribution in [-0.4, -0.2) is 43.3 Å². The van der Waals surface area contributed by atoms with E-state index >= 15 is 0 Å². The Labute approximate surface area is 93.0 Å². The summed E-state index contributed by atoms with van der Waals surface area (Å²) >= 11 is 0. The van der Waals surface area contributed by atoms with Crippen LogP contribution in [0, 0.1) is 5.92 Å². The highest BCUT2D eigenvalue weighted by molar-refractivity contribution is 5.01. The van der Waals surface area contributed by atoms with Crippen molar-refractivity contribution in [1.29, 1.82) is 0 Å². The Bertz CT molecular complexity index is 210. The lowest BCUT2D eigenvalue weighted by atomic mass is 9.74. The molecule has 1 saturated carbocycles. The summed E-state index contributed by atoms with van der Waals surface area (Å²) in [6.07, 6.45) is 5.58. The Morgan fingerprint density at radius 2 is 2.20 bits per heavy atom. The van der Waals surface area contributed by atoms with Gasteiger partial charge in [0.05, 0.1) is 6.10 Å². The first-order valence-electron chi connectivity index (χ1n) is 6.20. The maximum Gasteiger partial charge on any atom is 0.0724 e. The summed E-state index contributed by atoms with van der Waals surface area (Å²) in [4.78, 5) is 2.59. The Kier molecular flexibility index (Phi) is 3.33. The van der Waals surface area contributed by atoms with E-state index in [0.29, 0.717) is 17.6 Å². The number of hydrogen-bond donors (Lipinski definition) is 1. The van der Waals surface area contributed by atoms with E-state index in [1.807, 2.05) is 7.11 Å². The van der Waals surface area contributed by atoms with Gasteiger partial charge in [0.1, 0.15) is 0 Å². The van der Waals surface area contributed by atoms with Crippen LogP contribution in [0.25, 0.3) is 0 Å². The molecule has 2 rings (SSSR count). The van der Waals surface area contributed by atoms with Crippen LogP contribution in [0.1, 0.15) is 32.6 Å². The minimum atomic E-state index is 0.330. The van der Waals surface area contributed by atoms with E-state index in [1.54, 1.807) is 0 Å². The highest BCUT2D eigenvalue weighted by atomic mass is 16.5. The van der Waals surface area contributed by atoms with Gasteiger partial charge in [0.15, 0.2) is 0 Å². The van der Waals surface area contributed by atoms with Crippen LogP contribution in [0.5, 0.6) is 0 Å². The average molecular weight is 212 g/mol. The molecule has 1 aliphatic carbocycles. The van der Waals surface area contributed by atoms with Crippen molar-refractivity contribution in [1.82, 2.24) is 4.90 Å². The predicted molar refractivity (Wildman–Crippen MR) is 61.8 cm³/mol. The minimum Gasteiger partial charge on any atom is -0.380 e. The van der Waals surface area contributed by atoms with Crippen molar-refractivity contribution in [2.75, 3.05) is 26.7 Å². The predicted octanol–water partition coefficient (Wildman–Crippen LogP) is 1.22. The summed E-state index contributed by atoms with van der Waals surface area (Å²) in [6.45, 7) is 5.40. The molecular weight excluding hydrogens is 188 g/mol. The van der Waals surface area contributed by atoms with Crippen molar-refractivity contribution >= 4 is 0 Å². The summed E-state index contributed by atoms with van der Waals surface area (Å²) in [7, 11) is 1.83. The fourth-order valence-corrected chi connectivity index (χ4v) is 3.01. The third kappa shape index (κ3) is 1.93. The van der Waals surface area contributed by atoms with E-state index in [4.69, 9.17) is 10.5 Å². The molecule has 0 radical (unpaired) electrons. The molecule has 88 valence electrons. The van der Waals surface area contributed by atoms with Crippen LogP contribution >= 0.6 is 0 Å². The molecule has 2 N–H and O–H groups in total. The van der Waals surface area contributed by atoms with Crippen molar-refractivity contribution in [3.63, 3.8) is 0 Å². The summed E-state index contributed by atoms with van der Waals surface area (Å²) < 4.78 is 5.56. The third-order valence-electron chi connectivity index (χ3n) is 4.53. The molecule has 15 heavy (non-hydrogen) atoms. The quantitative estimate of drug-likeness (QED) is 0.764. The Hall–Kier alpha value is -0.120. The molecule has 3 nitrogen and oxygen atoms in total. The van der Waals surface area contributed by atoms with Crippen LogP contribution < -0.4 is 5.73 Å². The van der Waals surface area contributed by atoms with Crippen molar-refractivity contribution < 1.29 is 4.74 Å². The lowest BCUT2D eigenvalue weighted by molar-refractivity contribution is -0.0684. The van der Waals surface area contributed by atoms with Crippen LogP contribution in [0.4, 0.5) is 0 Å². The molecule has 0 bridgehead atoms. The maximum absolute atomic E-state index is 5.94. The monoisotopic (exact) mass is 212 g/mol. The molecule has 0 spiro atoms. The van der Waals surface area contributed by atoms with Gasteiger partial charge >= 0.3 is 0 Å². The Morgan fingerprint density at radius 1 is 1.47 bits per heavy atom. The molecule has 0 amide bonds. The molecule has 1 saturated heterocycles. The SMILES string of the molecule is COC1CN(C2(CN)CCC2)CCC1C. The van der Waals surface area contributed by atoms with Crippen LogP contribution in [0.3, 0.4) is 0 Å². The van der Waals surface area contributed by atoms with Gasteiger partial charge in [0.25, 0.3) is 0 Å². The smallest absolute Gasteiger partial charge is 0.0724 e. The van der Waals surface area contributed by atoms with Crippen molar-refractivity contribution in [2.45, 2.75) is 44.2 Å². The molecule has 2 aliphatic rings. The first kappa shape index (κ1) is 11.4. The Balaban J connectivity index is 1.98. The summed E-state index contributed by atoms with van der Waals surface area (Å²) in [6, 6.07) is 0. The van der Waals surface area contributed by atoms with E-state index in [1.165, 1.54) is 32.2 Å². The first-order valence-corrected chi connectivity index (χ1v) is 6.20. The van der Waals surface area contributed by atoms with E-state index in [0.717, 1.165) is 13.1 Å². The maximum atomic E-state index is 5.94. The molecule has 1 aliphatic heterocycles. The summed E-state index contributed by atoms with van der Waals surface area (Å²) in [5.41, 5.74) is 6.27. The highest BCUT2D eigenvalue weighted by Crippen LogP contribution is 2.39. The van der Waals surface area contributed by atoms with Crippen LogP contribution in [-0.2, 0) is 4.74 Å². The van der Waals surface area contributed by atoms with E-state index in [2.05, 4.69) is 11.8 Å². The normalized spacial score (nSPS) is 36.2. The van der Waals surface area contributed by atoms with Gasteiger partial charge in [-0.1, -0.05) is 6.92 Å². The zero-order chi connectivity index (χ0) is 10.9. The molecule has 0 aromatic heterocycles. The fraction of sp³-hybridized carbons (Fsp3) is 1.00. The zero-order valence-electron chi connectivity index (χ0n) is 10.0. The van der Waals surface area contributed by atoms with E-state index in [9.17, 15) is 0 Å². The zero-order valence-corrected chi connectivity index (χ0v) is 10.0. The minimum absolute atomic E-state index is 0.330. The van der Waals surface area contributed by atoms with Crippen molar-refractivity contribution in [3.8, 4) is 0 Å². The number of ether oxygens (including phenoxy) is 1. The lowest BCUT2D eigenvalue weighted by Gasteiger charge is -2.53. The number of rotatable bonds is 3. The number of nitrogens with two attached hydrogens (primary N) is 1.